The highest BCUT2D eigenvalue weighted by Crippen LogP contribution is 2.26. The first-order valence-electron chi connectivity index (χ1n) is 9.29. The molecule has 1 aliphatic rings. The summed E-state index contributed by atoms with van der Waals surface area (Å²) in [5.41, 5.74) is 1.09. The first-order valence-corrected chi connectivity index (χ1v) is 9.29. The molecule has 1 amide bonds. The summed E-state index contributed by atoms with van der Waals surface area (Å²) in [6.45, 7) is 2.03. The van der Waals surface area contributed by atoms with E-state index < -0.39 is 11.6 Å². The van der Waals surface area contributed by atoms with E-state index in [0.29, 0.717) is 6.54 Å². The van der Waals surface area contributed by atoms with E-state index in [0.717, 1.165) is 49.4 Å². The Hall–Kier alpha value is -2.67. The molecule has 5 nitrogen and oxygen atoms in total. The van der Waals surface area contributed by atoms with Gasteiger partial charge in [-0.15, -0.1) is 0 Å². The number of amides is 1. The third-order valence-corrected chi connectivity index (χ3v) is 4.83. The summed E-state index contributed by atoms with van der Waals surface area (Å²) in [4.78, 5) is 14.5. The van der Waals surface area contributed by atoms with Crippen molar-refractivity contribution in [1.82, 2.24) is 10.2 Å². The molecule has 0 bridgehead atoms. The zero-order valence-corrected chi connectivity index (χ0v) is 15.8. The molecule has 1 atom stereocenters. The molecular formula is C21H24F2N2O3. The van der Waals surface area contributed by atoms with E-state index in [2.05, 4.69) is 10.2 Å². The SMILES string of the molecule is COc1ccc(C(CNC(=O)COc2ccc(F)cc2F)N2CCCC2)cc1. The van der Waals surface area contributed by atoms with Crippen molar-refractivity contribution in [3.05, 3.63) is 59.7 Å². The Balaban J connectivity index is 1.58. The lowest BCUT2D eigenvalue weighted by atomic mass is 10.1. The number of hydrogen-bond donors (Lipinski definition) is 1. The summed E-state index contributed by atoms with van der Waals surface area (Å²) in [5.74, 6) is -1.25. The van der Waals surface area contributed by atoms with Gasteiger partial charge in [0.05, 0.1) is 13.2 Å². The van der Waals surface area contributed by atoms with Crippen LogP contribution in [0.25, 0.3) is 0 Å². The lowest BCUT2D eigenvalue weighted by Gasteiger charge is -2.28. The molecule has 1 N–H and O–H groups in total. The number of carbonyl (C=O) groups excluding carboxylic acids is 1. The third-order valence-electron chi connectivity index (χ3n) is 4.83. The highest BCUT2D eigenvalue weighted by molar-refractivity contribution is 5.77. The molecule has 3 rings (SSSR count). The quantitative estimate of drug-likeness (QED) is 0.752. The lowest BCUT2D eigenvalue weighted by molar-refractivity contribution is -0.123. The molecule has 2 aromatic rings. The van der Waals surface area contributed by atoms with E-state index in [1.165, 1.54) is 6.07 Å². The van der Waals surface area contributed by atoms with Crippen molar-refractivity contribution in [2.75, 3.05) is 33.4 Å². The minimum Gasteiger partial charge on any atom is -0.497 e. The van der Waals surface area contributed by atoms with Crippen LogP contribution >= 0.6 is 0 Å². The number of hydrogen-bond acceptors (Lipinski definition) is 4. The number of carbonyl (C=O) groups is 1. The van der Waals surface area contributed by atoms with E-state index in [9.17, 15) is 13.6 Å². The Morgan fingerprint density at radius 1 is 1.14 bits per heavy atom. The summed E-state index contributed by atoms with van der Waals surface area (Å²) >= 11 is 0. The second-order valence-electron chi connectivity index (χ2n) is 6.70. The van der Waals surface area contributed by atoms with Gasteiger partial charge in [-0.2, -0.15) is 0 Å². The van der Waals surface area contributed by atoms with Gasteiger partial charge >= 0.3 is 0 Å². The van der Waals surface area contributed by atoms with Gasteiger partial charge < -0.3 is 14.8 Å². The number of benzene rings is 2. The zero-order valence-electron chi connectivity index (χ0n) is 15.8. The van der Waals surface area contributed by atoms with Crippen molar-refractivity contribution in [3.63, 3.8) is 0 Å². The number of ether oxygens (including phenoxy) is 2. The summed E-state index contributed by atoms with van der Waals surface area (Å²) in [5, 5.41) is 2.85. The molecular weight excluding hydrogens is 366 g/mol. The minimum atomic E-state index is -0.832. The molecule has 1 saturated heterocycles. The summed E-state index contributed by atoms with van der Waals surface area (Å²) in [7, 11) is 1.62. The van der Waals surface area contributed by atoms with Crippen LogP contribution in [-0.4, -0.2) is 44.2 Å². The van der Waals surface area contributed by atoms with E-state index in [1.54, 1.807) is 7.11 Å². The van der Waals surface area contributed by atoms with Gasteiger partial charge in [-0.05, 0) is 55.8 Å². The second-order valence-corrected chi connectivity index (χ2v) is 6.70. The van der Waals surface area contributed by atoms with Crippen molar-refractivity contribution in [2.24, 2.45) is 0 Å². The first kappa shape index (κ1) is 20.1. The lowest BCUT2D eigenvalue weighted by Crippen LogP contribution is -2.38. The molecule has 2 aromatic carbocycles. The van der Waals surface area contributed by atoms with Crippen LogP contribution in [0.4, 0.5) is 8.78 Å². The Bertz CT molecular complexity index is 793. The van der Waals surface area contributed by atoms with Crippen LogP contribution in [0.15, 0.2) is 42.5 Å². The topological polar surface area (TPSA) is 50.8 Å². The fourth-order valence-electron chi connectivity index (χ4n) is 3.33. The number of likely N-dealkylation sites (tertiary alicyclic amines) is 1. The summed E-state index contributed by atoms with van der Waals surface area (Å²) in [6.07, 6.45) is 2.26. The molecule has 28 heavy (non-hydrogen) atoms. The average molecular weight is 390 g/mol. The van der Waals surface area contributed by atoms with Crippen LogP contribution < -0.4 is 14.8 Å². The second kappa shape index (κ2) is 9.50. The predicted molar refractivity (Wildman–Crippen MR) is 101 cm³/mol. The molecule has 1 unspecified atom stereocenters. The van der Waals surface area contributed by atoms with Crippen LogP contribution in [-0.2, 0) is 4.79 Å². The van der Waals surface area contributed by atoms with E-state index in [1.807, 2.05) is 24.3 Å². The number of nitrogens with one attached hydrogen (secondary N) is 1. The van der Waals surface area contributed by atoms with Gasteiger partial charge in [-0.25, -0.2) is 8.78 Å². The Morgan fingerprint density at radius 3 is 2.50 bits per heavy atom. The van der Waals surface area contributed by atoms with Gasteiger partial charge in [0.25, 0.3) is 5.91 Å². The molecule has 0 aromatic heterocycles. The van der Waals surface area contributed by atoms with Gasteiger partial charge in [0.2, 0.25) is 0 Å². The maximum absolute atomic E-state index is 13.6. The van der Waals surface area contributed by atoms with Gasteiger partial charge in [-0.1, -0.05) is 12.1 Å². The van der Waals surface area contributed by atoms with E-state index in [4.69, 9.17) is 9.47 Å². The third kappa shape index (κ3) is 5.19. The zero-order chi connectivity index (χ0) is 19.9. The van der Waals surface area contributed by atoms with Crippen LogP contribution in [0.5, 0.6) is 11.5 Å². The monoisotopic (exact) mass is 390 g/mol. The Labute approximate surface area is 163 Å². The van der Waals surface area contributed by atoms with E-state index >= 15 is 0 Å². The van der Waals surface area contributed by atoms with Crippen molar-refractivity contribution in [2.45, 2.75) is 18.9 Å². The van der Waals surface area contributed by atoms with Crippen LogP contribution in [0, 0.1) is 11.6 Å². The van der Waals surface area contributed by atoms with Crippen molar-refractivity contribution >= 4 is 5.91 Å². The molecule has 0 saturated carbocycles. The van der Waals surface area contributed by atoms with E-state index in [-0.39, 0.29) is 24.3 Å². The van der Waals surface area contributed by atoms with Crippen molar-refractivity contribution in [1.29, 1.82) is 0 Å². The van der Waals surface area contributed by atoms with Gasteiger partial charge in [0, 0.05) is 12.6 Å². The minimum absolute atomic E-state index is 0.0416. The fraction of sp³-hybridized carbons (Fsp3) is 0.381. The number of halogens is 2. The molecule has 1 aliphatic heterocycles. The van der Waals surface area contributed by atoms with Gasteiger partial charge in [-0.3, -0.25) is 9.69 Å². The fourth-order valence-corrected chi connectivity index (χ4v) is 3.33. The molecule has 1 heterocycles. The standard InChI is InChI=1S/C21H24F2N2O3/c1-27-17-7-4-15(5-8-17)19(25-10-2-3-11-25)13-24-21(26)14-28-20-9-6-16(22)12-18(20)23/h4-9,12,19H,2-3,10-11,13-14H2,1H3,(H,24,26). The Kier molecular flexibility index (Phi) is 6.81. The average Bonchev–Trinajstić information content (AvgIpc) is 3.22. The molecule has 1 fully saturated rings. The largest absolute Gasteiger partial charge is 0.497 e. The van der Waals surface area contributed by atoms with Gasteiger partial charge in [0.1, 0.15) is 11.6 Å². The maximum Gasteiger partial charge on any atom is 0.258 e. The number of nitrogens with zero attached hydrogens (tertiary/aromatic N) is 1. The molecule has 7 heteroatoms. The van der Waals surface area contributed by atoms with Gasteiger partial charge in [0.15, 0.2) is 18.2 Å². The molecule has 0 radical (unpaired) electrons. The van der Waals surface area contributed by atoms with Crippen LogP contribution in [0.1, 0.15) is 24.4 Å². The van der Waals surface area contributed by atoms with Crippen molar-refractivity contribution < 1.29 is 23.0 Å². The highest BCUT2D eigenvalue weighted by atomic mass is 19.1. The normalized spacial score (nSPS) is 15.2. The molecule has 0 spiro atoms. The smallest absolute Gasteiger partial charge is 0.258 e. The van der Waals surface area contributed by atoms with Crippen LogP contribution in [0.3, 0.4) is 0 Å². The molecule has 150 valence electrons. The van der Waals surface area contributed by atoms with Crippen molar-refractivity contribution in [3.8, 4) is 11.5 Å². The summed E-state index contributed by atoms with van der Waals surface area (Å²) in [6, 6.07) is 10.8. The first-order chi connectivity index (χ1) is 13.6. The number of rotatable bonds is 8. The highest BCUT2D eigenvalue weighted by Gasteiger charge is 2.24. The predicted octanol–water partition coefficient (Wildman–Crippen LogP) is 3.31. The van der Waals surface area contributed by atoms with Crippen LogP contribution in [0.2, 0.25) is 0 Å². The molecule has 0 aliphatic carbocycles. The maximum atomic E-state index is 13.6. The number of methoxy groups -OCH3 is 1. The Morgan fingerprint density at radius 2 is 1.86 bits per heavy atom. The summed E-state index contributed by atoms with van der Waals surface area (Å²) < 4.78 is 36.9.